The van der Waals surface area contributed by atoms with Gasteiger partial charge in [-0.25, -0.2) is 4.98 Å². The molecule has 0 N–H and O–H groups in total. The molecule has 1 heterocycles. The molecule has 32 heavy (non-hydrogen) atoms. The van der Waals surface area contributed by atoms with E-state index in [2.05, 4.69) is 36.8 Å². The number of fused-ring (bicyclic) bond motifs is 1. The summed E-state index contributed by atoms with van der Waals surface area (Å²) in [5.41, 5.74) is 0.807. The average molecular weight is 436 g/mol. The second-order valence-corrected chi connectivity index (χ2v) is 8.51. The summed E-state index contributed by atoms with van der Waals surface area (Å²) in [6.07, 6.45) is 2.52. The van der Waals surface area contributed by atoms with Crippen LogP contribution in [0.15, 0.2) is 52.9 Å². The summed E-state index contributed by atoms with van der Waals surface area (Å²) >= 11 is 0. The molecule has 170 valence electrons. The fourth-order valence-corrected chi connectivity index (χ4v) is 3.89. The first-order valence-electron chi connectivity index (χ1n) is 11.2. The monoisotopic (exact) mass is 435 g/mol. The molecule has 0 saturated heterocycles. The first kappa shape index (κ1) is 23.6. The molecular formula is C26H33N3O3. The van der Waals surface area contributed by atoms with Crippen molar-refractivity contribution in [2.75, 3.05) is 33.9 Å². The normalized spacial score (nSPS) is 13.3. The summed E-state index contributed by atoms with van der Waals surface area (Å²) in [5, 5.41) is 10.1. The second-order valence-electron chi connectivity index (χ2n) is 8.51. The van der Waals surface area contributed by atoms with Gasteiger partial charge in [0.1, 0.15) is 22.4 Å². The number of methoxy groups -OCH3 is 1. The van der Waals surface area contributed by atoms with Crippen molar-refractivity contribution < 1.29 is 13.9 Å². The van der Waals surface area contributed by atoms with Crippen LogP contribution in [0, 0.1) is 17.2 Å². The second kappa shape index (κ2) is 11.0. The molecule has 0 spiro atoms. The number of ether oxygens (including phenoxy) is 2. The maximum Gasteiger partial charge on any atom is 0.216 e. The smallest absolute Gasteiger partial charge is 0.216 e. The topological polar surface area (TPSA) is 71.5 Å². The Labute approximate surface area is 190 Å². The maximum atomic E-state index is 10.1. The molecule has 0 amide bonds. The number of hydrogen-bond acceptors (Lipinski definition) is 6. The van der Waals surface area contributed by atoms with Crippen LogP contribution in [-0.2, 0) is 5.41 Å². The van der Waals surface area contributed by atoms with Gasteiger partial charge in [0.15, 0.2) is 5.58 Å². The van der Waals surface area contributed by atoms with Crippen LogP contribution in [-0.4, -0.2) is 43.7 Å². The van der Waals surface area contributed by atoms with Crippen molar-refractivity contribution in [2.24, 2.45) is 5.92 Å². The molecule has 1 unspecified atom stereocenters. The van der Waals surface area contributed by atoms with Crippen LogP contribution in [0.25, 0.3) is 11.1 Å². The van der Waals surface area contributed by atoms with Gasteiger partial charge in [-0.15, -0.1) is 0 Å². The molecular weight excluding hydrogens is 402 g/mol. The van der Waals surface area contributed by atoms with Crippen molar-refractivity contribution in [2.45, 2.75) is 38.5 Å². The molecule has 0 saturated carbocycles. The molecule has 0 aliphatic heterocycles. The molecule has 6 heteroatoms. The Bertz CT molecular complexity index is 1010. The fraction of sp³-hybridized carbons (Fsp3) is 0.462. The van der Waals surface area contributed by atoms with E-state index in [1.807, 2.05) is 48.5 Å². The third kappa shape index (κ3) is 5.60. The quantitative estimate of drug-likeness (QED) is 0.353. The van der Waals surface area contributed by atoms with Gasteiger partial charge in [0.05, 0.1) is 19.8 Å². The number of rotatable bonds is 12. The fourth-order valence-electron chi connectivity index (χ4n) is 3.89. The van der Waals surface area contributed by atoms with Gasteiger partial charge >= 0.3 is 0 Å². The van der Waals surface area contributed by atoms with E-state index >= 15 is 0 Å². The molecule has 0 bridgehead atoms. The minimum absolute atomic E-state index is 0.0992. The van der Waals surface area contributed by atoms with E-state index in [-0.39, 0.29) is 5.92 Å². The minimum atomic E-state index is -0.727. The van der Waals surface area contributed by atoms with E-state index in [0.717, 1.165) is 48.5 Å². The molecule has 6 nitrogen and oxygen atoms in total. The SMILES string of the molecule is COc1cccc(OCCCN(C)CCCC(C#N)(c2nc3ccccc3o2)C(C)C)c1. The highest BCUT2D eigenvalue weighted by molar-refractivity contribution is 5.72. The lowest BCUT2D eigenvalue weighted by atomic mass is 9.74. The van der Waals surface area contributed by atoms with E-state index in [1.165, 1.54) is 0 Å². The van der Waals surface area contributed by atoms with Gasteiger partial charge in [-0.1, -0.05) is 32.0 Å². The summed E-state index contributed by atoms with van der Waals surface area (Å²) in [6, 6.07) is 17.9. The summed E-state index contributed by atoms with van der Waals surface area (Å²) in [7, 11) is 3.76. The number of benzene rings is 2. The summed E-state index contributed by atoms with van der Waals surface area (Å²) in [6.45, 7) is 6.60. The Morgan fingerprint density at radius 2 is 1.84 bits per heavy atom. The molecule has 3 aromatic rings. The zero-order valence-electron chi connectivity index (χ0n) is 19.5. The van der Waals surface area contributed by atoms with Crippen LogP contribution < -0.4 is 9.47 Å². The van der Waals surface area contributed by atoms with Gasteiger partial charge in [0, 0.05) is 12.6 Å². The molecule has 1 aromatic heterocycles. The maximum absolute atomic E-state index is 10.1. The van der Waals surface area contributed by atoms with E-state index in [9.17, 15) is 5.26 Å². The van der Waals surface area contributed by atoms with Crippen molar-refractivity contribution in [3.8, 4) is 17.6 Å². The zero-order valence-corrected chi connectivity index (χ0v) is 19.5. The number of nitriles is 1. The molecule has 3 rings (SSSR count). The van der Waals surface area contributed by atoms with Gasteiger partial charge < -0.3 is 18.8 Å². The van der Waals surface area contributed by atoms with E-state index < -0.39 is 5.41 Å². The molecule has 2 aromatic carbocycles. The number of aromatic nitrogens is 1. The average Bonchev–Trinajstić information content (AvgIpc) is 3.24. The Balaban J connectivity index is 1.49. The molecule has 0 aliphatic rings. The van der Waals surface area contributed by atoms with E-state index in [0.29, 0.717) is 18.9 Å². The van der Waals surface area contributed by atoms with Crippen molar-refractivity contribution in [3.63, 3.8) is 0 Å². The number of oxazole rings is 1. The van der Waals surface area contributed by atoms with Crippen LogP contribution in [0.2, 0.25) is 0 Å². The van der Waals surface area contributed by atoms with Crippen LogP contribution in [0.3, 0.4) is 0 Å². The predicted octanol–water partition coefficient (Wildman–Crippen LogP) is 5.43. The standard InChI is InChI=1S/C26H33N3O3/c1-20(2)26(19-27,25-28-23-12-5-6-13-24(23)32-25)14-8-15-29(3)16-9-17-31-22-11-7-10-21(18-22)30-4/h5-7,10-13,18,20H,8-9,14-17H2,1-4H3. The zero-order chi connectivity index (χ0) is 23.0. The number of para-hydroxylation sites is 2. The van der Waals surface area contributed by atoms with Crippen molar-refractivity contribution in [1.29, 1.82) is 5.26 Å². The van der Waals surface area contributed by atoms with Gasteiger partial charge in [-0.2, -0.15) is 5.26 Å². The minimum Gasteiger partial charge on any atom is -0.497 e. The first-order valence-corrected chi connectivity index (χ1v) is 11.2. The van der Waals surface area contributed by atoms with Crippen LogP contribution in [0.1, 0.15) is 39.0 Å². The van der Waals surface area contributed by atoms with Crippen LogP contribution in [0.4, 0.5) is 0 Å². The summed E-state index contributed by atoms with van der Waals surface area (Å²) < 4.78 is 17.1. The third-order valence-corrected chi connectivity index (χ3v) is 5.97. The summed E-state index contributed by atoms with van der Waals surface area (Å²) in [5.74, 6) is 2.25. The molecule has 0 aliphatic carbocycles. The van der Waals surface area contributed by atoms with Gasteiger partial charge in [-0.3, -0.25) is 0 Å². The Hall–Kier alpha value is -3.04. The van der Waals surface area contributed by atoms with Crippen molar-refractivity contribution >= 4 is 11.1 Å². The predicted molar refractivity (Wildman–Crippen MR) is 126 cm³/mol. The molecule has 1 atom stereocenters. The lowest BCUT2D eigenvalue weighted by molar-refractivity contribution is 0.241. The van der Waals surface area contributed by atoms with Gasteiger partial charge in [-0.05, 0) is 63.0 Å². The third-order valence-electron chi connectivity index (χ3n) is 5.97. The van der Waals surface area contributed by atoms with Crippen molar-refractivity contribution in [1.82, 2.24) is 9.88 Å². The van der Waals surface area contributed by atoms with Crippen LogP contribution >= 0.6 is 0 Å². The molecule has 0 radical (unpaired) electrons. The highest BCUT2D eigenvalue weighted by atomic mass is 16.5. The number of hydrogen-bond donors (Lipinski definition) is 0. The first-order chi connectivity index (χ1) is 15.5. The Morgan fingerprint density at radius 1 is 1.09 bits per heavy atom. The van der Waals surface area contributed by atoms with Crippen LogP contribution in [0.5, 0.6) is 11.5 Å². The Kier molecular flexibility index (Phi) is 8.13. The highest BCUT2D eigenvalue weighted by Crippen LogP contribution is 2.37. The largest absolute Gasteiger partial charge is 0.497 e. The molecule has 0 fully saturated rings. The lowest BCUT2D eigenvalue weighted by Crippen LogP contribution is -2.33. The lowest BCUT2D eigenvalue weighted by Gasteiger charge is -2.28. The van der Waals surface area contributed by atoms with Gasteiger partial charge in [0.2, 0.25) is 5.89 Å². The van der Waals surface area contributed by atoms with E-state index in [1.54, 1.807) is 7.11 Å². The highest BCUT2D eigenvalue weighted by Gasteiger charge is 2.40. The number of nitrogens with zero attached hydrogens (tertiary/aromatic N) is 3. The van der Waals surface area contributed by atoms with Gasteiger partial charge in [0.25, 0.3) is 0 Å². The Morgan fingerprint density at radius 3 is 2.56 bits per heavy atom. The summed E-state index contributed by atoms with van der Waals surface area (Å²) in [4.78, 5) is 6.93. The van der Waals surface area contributed by atoms with Crippen molar-refractivity contribution in [3.05, 3.63) is 54.4 Å². The van der Waals surface area contributed by atoms with E-state index in [4.69, 9.17) is 13.9 Å².